The highest BCUT2D eigenvalue weighted by molar-refractivity contribution is 7.90. The lowest BCUT2D eigenvalue weighted by molar-refractivity contribution is -0.119. The van der Waals surface area contributed by atoms with Crippen molar-refractivity contribution in [1.82, 2.24) is 14.6 Å². The Morgan fingerprint density at radius 2 is 1.86 bits per heavy atom. The number of nitrogens with one attached hydrogen (secondary N) is 1. The van der Waals surface area contributed by atoms with Crippen LogP contribution in [0, 0.1) is 11.6 Å². The summed E-state index contributed by atoms with van der Waals surface area (Å²) in [7, 11) is -3.43. The number of hydrogen-bond donors (Lipinski definition) is 2. The largest absolute Gasteiger partial charge is 0.321 e. The van der Waals surface area contributed by atoms with Crippen LogP contribution >= 0.6 is 11.6 Å². The molecule has 3 aromatic rings. The molecule has 1 aliphatic heterocycles. The average Bonchev–Trinajstić information content (AvgIpc) is 3.80. The summed E-state index contributed by atoms with van der Waals surface area (Å²) < 4.78 is 57.4. The van der Waals surface area contributed by atoms with Crippen LogP contribution in [0.25, 0.3) is 0 Å². The predicted molar refractivity (Wildman–Crippen MR) is 159 cm³/mol. The molecular formula is C31H35ClF2N4O3S. The second-order valence-electron chi connectivity index (χ2n) is 11.3. The van der Waals surface area contributed by atoms with Crippen LogP contribution < -0.4 is 11.1 Å². The van der Waals surface area contributed by atoms with Crippen LogP contribution in [0.1, 0.15) is 54.4 Å². The molecule has 5 rings (SSSR count). The number of ketones is 1. The predicted octanol–water partition coefficient (Wildman–Crippen LogP) is 4.37. The van der Waals surface area contributed by atoms with Gasteiger partial charge < -0.3 is 11.1 Å². The number of carbonyl (C=O) groups is 1. The van der Waals surface area contributed by atoms with Gasteiger partial charge in [0, 0.05) is 48.7 Å². The molecule has 1 aromatic heterocycles. The summed E-state index contributed by atoms with van der Waals surface area (Å²) >= 11 is 6.07. The number of hydrogen-bond acceptors (Lipinski definition) is 6. The first-order chi connectivity index (χ1) is 20.1. The second kappa shape index (κ2) is 12.9. The van der Waals surface area contributed by atoms with Crippen molar-refractivity contribution in [1.29, 1.82) is 0 Å². The number of nitrogens with zero attached hydrogens (tertiary/aromatic N) is 2. The molecule has 2 fully saturated rings. The molecule has 0 spiro atoms. The molecule has 42 heavy (non-hydrogen) atoms. The van der Waals surface area contributed by atoms with Gasteiger partial charge in [0.2, 0.25) is 10.0 Å². The van der Waals surface area contributed by atoms with Gasteiger partial charge in [-0.05, 0) is 79.1 Å². The van der Waals surface area contributed by atoms with E-state index in [2.05, 4.69) is 10.3 Å². The van der Waals surface area contributed by atoms with Crippen molar-refractivity contribution in [2.45, 2.75) is 68.3 Å². The quantitative estimate of drug-likeness (QED) is 0.332. The van der Waals surface area contributed by atoms with Crippen molar-refractivity contribution >= 4 is 27.4 Å². The Morgan fingerprint density at radius 3 is 2.55 bits per heavy atom. The molecule has 2 heterocycles. The Labute approximate surface area is 250 Å². The molecular weight excluding hydrogens is 582 g/mol. The Hall–Kier alpha value is -2.76. The highest BCUT2D eigenvalue weighted by atomic mass is 35.5. The molecule has 11 heteroatoms. The third-order valence-corrected chi connectivity index (χ3v) is 11.0. The van der Waals surface area contributed by atoms with Crippen molar-refractivity contribution in [2.24, 2.45) is 5.73 Å². The van der Waals surface area contributed by atoms with E-state index in [1.54, 1.807) is 40.7 Å². The molecule has 0 amide bonds. The SMILES string of the molecule is C[C@H]1CNC[C@H](CCc2c(F)cncc2CC(=O)[C@@H](N)[C@@H](c2ccc(Cl)cc2)c2cccc(F)c2)N1S(=O)(=O)C1CC1. The molecule has 1 aliphatic carbocycles. The molecule has 2 aliphatic rings. The number of aromatic nitrogens is 1. The zero-order chi connectivity index (χ0) is 30.0. The minimum atomic E-state index is -3.43. The number of carbonyl (C=O) groups excluding carboxylic acids is 1. The Bertz CT molecular complexity index is 1540. The first-order valence-corrected chi connectivity index (χ1v) is 16.1. The van der Waals surface area contributed by atoms with E-state index in [1.165, 1.54) is 18.3 Å². The Balaban J connectivity index is 1.37. The smallest absolute Gasteiger partial charge is 0.217 e. The van der Waals surface area contributed by atoms with Gasteiger partial charge in [0.1, 0.15) is 11.6 Å². The summed E-state index contributed by atoms with van der Waals surface area (Å²) in [6.45, 7) is 2.91. The molecule has 1 saturated carbocycles. The van der Waals surface area contributed by atoms with E-state index in [4.69, 9.17) is 17.3 Å². The fourth-order valence-electron chi connectivity index (χ4n) is 5.94. The molecule has 0 radical (unpaired) electrons. The third-order valence-electron chi connectivity index (χ3n) is 8.21. The summed E-state index contributed by atoms with van der Waals surface area (Å²) in [6.07, 6.45) is 4.34. The van der Waals surface area contributed by atoms with Gasteiger partial charge in [-0.1, -0.05) is 35.9 Å². The number of pyridine rings is 1. The molecule has 224 valence electrons. The maximum Gasteiger partial charge on any atom is 0.217 e. The van der Waals surface area contributed by atoms with Crippen LogP contribution in [0.3, 0.4) is 0 Å². The maximum absolute atomic E-state index is 15.2. The van der Waals surface area contributed by atoms with Crippen LogP contribution in [-0.2, 0) is 27.7 Å². The number of benzene rings is 2. The summed E-state index contributed by atoms with van der Waals surface area (Å²) in [5.41, 5.74) is 8.50. The van der Waals surface area contributed by atoms with Gasteiger partial charge >= 0.3 is 0 Å². The number of nitrogens with two attached hydrogens (primary N) is 1. The third kappa shape index (κ3) is 6.73. The first kappa shape index (κ1) is 30.7. The molecule has 1 saturated heterocycles. The number of piperazine rings is 1. The summed E-state index contributed by atoms with van der Waals surface area (Å²) in [5, 5.41) is 3.47. The first-order valence-electron chi connectivity index (χ1n) is 14.2. The fourth-order valence-corrected chi connectivity index (χ4v) is 8.31. The summed E-state index contributed by atoms with van der Waals surface area (Å²) in [4.78, 5) is 17.6. The van der Waals surface area contributed by atoms with E-state index < -0.39 is 33.6 Å². The van der Waals surface area contributed by atoms with E-state index in [0.29, 0.717) is 59.6 Å². The van der Waals surface area contributed by atoms with Gasteiger partial charge in [-0.15, -0.1) is 0 Å². The van der Waals surface area contributed by atoms with Gasteiger partial charge in [-0.2, -0.15) is 4.31 Å². The van der Waals surface area contributed by atoms with Gasteiger partial charge in [-0.25, -0.2) is 17.2 Å². The van der Waals surface area contributed by atoms with Crippen molar-refractivity contribution in [2.75, 3.05) is 13.1 Å². The van der Waals surface area contributed by atoms with Crippen LogP contribution in [0.15, 0.2) is 60.9 Å². The minimum Gasteiger partial charge on any atom is -0.321 e. The molecule has 0 bridgehead atoms. The Kier molecular flexibility index (Phi) is 9.39. The van der Waals surface area contributed by atoms with Crippen molar-refractivity contribution in [3.05, 3.63) is 99.8 Å². The second-order valence-corrected chi connectivity index (χ2v) is 13.8. The van der Waals surface area contributed by atoms with Crippen LogP contribution in [0.4, 0.5) is 8.78 Å². The van der Waals surface area contributed by atoms with Gasteiger partial charge in [0.25, 0.3) is 0 Å². The van der Waals surface area contributed by atoms with Crippen LogP contribution in [0.5, 0.6) is 0 Å². The zero-order valence-corrected chi connectivity index (χ0v) is 24.9. The highest BCUT2D eigenvalue weighted by Gasteiger charge is 2.45. The van der Waals surface area contributed by atoms with Gasteiger partial charge in [0.05, 0.1) is 17.5 Å². The number of sulfonamides is 1. The van der Waals surface area contributed by atoms with E-state index >= 15 is 4.39 Å². The number of Topliss-reactive ketones (excluding diaryl/α,β-unsaturated/α-hetero) is 1. The lowest BCUT2D eigenvalue weighted by atomic mass is 9.82. The average molecular weight is 617 g/mol. The zero-order valence-electron chi connectivity index (χ0n) is 23.3. The van der Waals surface area contributed by atoms with Crippen molar-refractivity contribution in [3.63, 3.8) is 0 Å². The van der Waals surface area contributed by atoms with Crippen molar-refractivity contribution in [3.8, 4) is 0 Å². The molecule has 3 N–H and O–H groups in total. The standard InChI is InChI=1S/C31H35ClF2N4O3S/c1-19-15-36-17-25(38(19)42(40,41)26-10-11-26)9-12-27-22(16-37-18-28(27)34)14-29(39)31(35)30(20-5-7-23(32)8-6-20)21-3-2-4-24(33)13-21/h2-8,13,16,18-19,25-26,30-31,36H,9-12,14-15,17,35H2,1H3/t19-,25-,30-,31+/m0/s1. The van der Waals surface area contributed by atoms with Crippen LogP contribution in [0.2, 0.25) is 5.02 Å². The summed E-state index contributed by atoms with van der Waals surface area (Å²) in [5.74, 6) is -2.03. The van der Waals surface area contributed by atoms with E-state index in [-0.39, 0.29) is 36.0 Å². The fraction of sp³-hybridized carbons (Fsp3) is 0.419. The van der Waals surface area contributed by atoms with E-state index in [0.717, 1.165) is 6.20 Å². The highest BCUT2D eigenvalue weighted by Crippen LogP contribution is 2.35. The molecule has 4 atom stereocenters. The maximum atomic E-state index is 15.2. The summed E-state index contributed by atoms with van der Waals surface area (Å²) in [6, 6.07) is 11.2. The topological polar surface area (TPSA) is 105 Å². The van der Waals surface area contributed by atoms with E-state index in [1.807, 2.05) is 6.92 Å². The Morgan fingerprint density at radius 1 is 1.12 bits per heavy atom. The lowest BCUT2D eigenvalue weighted by Gasteiger charge is -2.40. The monoisotopic (exact) mass is 616 g/mol. The number of halogens is 3. The molecule has 0 unspecified atom stereocenters. The minimum absolute atomic E-state index is 0.177. The van der Waals surface area contributed by atoms with Crippen molar-refractivity contribution < 1.29 is 22.0 Å². The van der Waals surface area contributed by atoms with Gasteiger partial charge in [-0.3, -0.25) is 9.78 Å². The lowest BCUT2D eigenvalue weighted by Crippen LogP contribution is -2.59. The normalized spacial score (nSPS) is 21.2. The molecule has 7 nitrogen and oxygen atoms in total. The number of rotatable bonds is 11. The van der Waals surface area contributed by atoms with E-state index in [9.17, 15) is 17.6 Å². The van der Waals surface area contributed by atoms with Crippen LogP contribution in [-0.4, -0.2) is 60.0 Å². The van der Waals surface area contributed by atoms with Gasteiger partial charge in [0.15, 0.2) is 5.78 Å². The molecule has 2 aromatic carbocycles.